The van der Waals surface area contributed by atoms with E-state index in [9.17, 15) is 9.59 Å². The summed E-state index contributed by atoms with van der Waals surface area (Å²) in [5.41, 5.74) is 5.11. The maximum Gasteiger partial charge on any atom is 0.315 e. The van der Waals surface area contributed by atoms with E-state index >= 15 is 0 Å². The molecule has 0 bridgehead atoms. The predicted octanol–water partition coefficient (Wildman–Crippen LogP) is 0.0343. The van der Waals surface area contributed by atoms with E-state index in [1.54, 1.807) is 13.8 Å². The summed E-state index contributed by atoms with van der Waals surface area (Å²) in [5.74, 6) is -0.244. The van der Waals surface area contributed by atoms with Crippen LogP contribution in [0.1, 0.15) is 13.8 Å². The summed E-state index contributed by atoms with van der Waals surface area (Å²) in [6, 6.07) is -1.08. The van der Waals surface area contributed by atoms with Crippen molar-refractivity contribution in [3.8, 4) is 0 Å². The number of halogens is 1. The minimum absolute atomic E-state index is 0.0331. The Labute approximate surface area is 88.4 Å². The molecule has 14 heavy (non-hydrogen) atoms. The number of hydrogen-bond donors (Lipinski definition) is 3. The molecule has 1 atom stereocenters. The number of carbonyl (C=O) groups is 2. The Morgan fingerprint density at radius 1 is 1.43 bits per heavy atom. The molecule has 0 aromatic carbocycles. The van der Waals surface area contributed by atoms with Gasteiger partial charge in [-0.25, -0.2) is 4.79 Å². The molecule has 0 aliphatic carbocycles. The Morgan fingerprint density at radius 3 is 2.36 bits per heavy atom. The molecule has 0 radical (unpaired) electrons. The van der Waals surface area contributed by atoms with Crippen LogP contribution in [0.4, 0.5) is 4.79 Å². The normalized spacial score (nSPS) is 12.3. The monoisotopic (exact) mass is 221 g/mol. The third-order valence-electron chi connectivity index (χ3n) is 1.64. The van der Waals surface area contributed by atoms with Gasteiger partial charge in [0.25, 0.3) is 0 Å². The Hall–Kier alpha value is -0.970. The third-order valence-corrected chi connectivity index (χ3v) is 1.83. The van der Waals surface area contributed by atoms with Gasteiger partial charge in [0.05, 0.1) is 0 Å². The summed E-state index contributed by atoms with van der Waals surface area (Å²) in [4.78, 5) is 22.0. The van der Waals surface area contributed by atoms with E-state index in [2.05, 4.69) is 10.6 Å². The van der Waals surface area contributed by atoms with E-state index in [-0.39, 0.29) is 5.92 Å². The van der Waals surface area contributed by atoms with Gasteiger partial charge in [-0.3, -0.25) is 4.79 Å². The van der Waals surface area contributed by atoms with Gasteiger partial charge >= 0.3 is 6.03 Å². The molecular formula is C8H16ClN3O2. The van der Waals surface area contributed by atoms with E-state index in [1.807, 2.05) is 0 Å². The first kappa shape index (κ1) is 13.0. The summed E-state index contributed by atoms with van der Waals surface area (Å²) in [5, 5.41) is 4.95. The number of nitrogens with two attached hydrogens (primary N) is 1. The SMILES string of the molecule is CC(C)[C@H](NC(=O)NCCCl)C(N)=O. The largest absolute Gasteiger partial charge is 0.368 e. The molecule has 4 N–H and O–H groups in total. The van der Waals surface area contributed by atoms with Gasteiger partial charge in [0, 0.05) is 12.4 Å². The minimum atomic E-state index is -0.648. The van der Waals surface area contributed by atoms with Crippen molar-refractivity contribution in [1.29, 1.82) is 0 Å². The number of carbonyl (C=O) groups excluding carboxylic acids is 2. The molecule has 0 aliphatic heterocycles. The Bertz CT molecular complexity index is 209. The lowest BCUT2D eigenvalue weighted by Gasteiger charge is -2.18. The second-order valence-electron chi connectivity index (χ2n) is 3.21. The molecule has 0 fully saturated rings. The van der Waals surface area contributed by atoms with Crippen molar-refractivity contribution in [1.82, 2.24) is 10.6 Å². The Balaban J connectivity index is 4.04. The van der Waals surface area contributed by atoms with Crippen LogP contribution < -0.4 is 16.4 Å². The summed E-state index contributed by atoms with van der Waals surface area (Å²) in [7, 11) is 0. The van der Waals surface area contributed by atoms with Crippen LogP contribution >= 0.6 is 11.6 Å². The highest BCUT2D eigenvalue weighted by molar-refractivity contribution is 6.18. The van der Waals surface area contributed by atoms with Gasteiger partial charge in [-0.15, -0.1) is 11.6 Å². The van der Waals surface area contributed by atoms with Crippen LogP contribution in [0.5, 0.6) is 0 Å². The molecule has 0 rings (SSSR count). The maximum absolute atomic E-state index is 11.1. The fourth-order valence-electron chi connectivity index (χ4n) is 0.919. The highest BCUT2D eigenvalue weighted by atomic mass is 35.5. The van der Waals surface area contributed by atoms with Crippen molar-refractivity contribution in [2.45, 2.75) is 19.9 Å². The molecule has 0 saturated carbocycles. The van der Waals surface area contributed by atoms with E-state index in [4.69, 9.17) is 17.3 Å². The van der Waals surface area contributed by atoms with Gasteiger partial charge in [0.2, 0.25) is 5.91 Å². The van der Waals surface area contributed by atoms with E-state index in [1.165, 1.54) is 0 Å². The van der Waals surface area contributed by atoms with Crippen LogP contribution in [-0.4, -0.2) is 30.4 Å². The summed E-state index contributed by atoms with van der Waals surface area (Å²) in [6.07, 6.45) is 0. The van der Waals surface area contributed by atoms with Gasteiger partial charge in [0.1, 0.15) is 6.04 Å². The Morgan fingerprint density at radius 2 is 2.00 bits per heavy atom. The molecule has 5 nitrogen and oxygen atoms in total. The molecule has 6 heteroatoms. The quantitative estimate of drug-likeness (QED) is 0.573. The van der Waals surface area contributed by atoms with Crippen LogP contribution in [-0.2, 0) is 4.79 Å². The van der Waals surface area contributed by atoms with Crippen LogP contribution in [0.3, 0.4) is 0 Å². The first-order valence-corrected chi connectivity index (χ1v) is 4.92. The first-order chi connectivity index (χ1) is 6.49. The van der Waals surface area contributed by atoms with Crippen molar-refractivity contribution < 1.29 is 9.59 Å². The third kappa shape index (κ3) is 4.91. The fraction of sp³-hybridized carbons (Fsp3) is 0.750. The molecule has 0 aromatic rings. The summed E-state index contributed by atoms with van der Waals surface area (Å²) < 4.78 is 0. The van der Waals surface area contributed by atoms with E-state index in [0.29, 0.717) is 12.4 Å². The number of rotatable bonds is 5. The van der Waals surface area contributed by atoms with Crippen LogP contribution in [0.2, 0.25) is 0 Å². The highest BCUT2D eigenvalue weighted by Crippen LogP contribution is 1.99. The predicted molar refractivity (Wildman–Crippen MR) is 55.1 cm³/mol. The first-order valence-electron chi connectivity index (χ1n) is 4.38. The smallest absolute Gasteiger partial charge is 0.315 e. The zero-order valence-electron chi connectivity index (χ0n) is 8.34. The zero-order chi connectivity index (χ0) is 11.1. The number of primary amides is 1. The molecule has 0 spiro atoms. The summed E-state index contributed by atoms with van der Waals surface area (Å²) in [6.45, 7) is 3.96. The molecule has 3 amide bonds. The average Bonchev–Trinajstić information content (AvgIpc) is 2.09. The molecule has 0 saturated heterocycles. The van der Waals surface area contributed by atoms with Crippen molar-refractivity contribution in [2.75, 3.05) is 12.4 Å². The molecule has 82 valence electrons. The molecular weight excluding hydrogens is 206 g/mol. The number of urea groups is 1. The lowest BCUT2D eigenvalue weighted by molar-refractivity contribution is -0.120. The van der Waals surface area contributed by atoms with E-state index < -0.39 is 18.0 Å². The van der Waals surface area contributed by atoms with Gasteiger partial charge in [-0.1, -0.05) is 13.8 Å². The second-order valence-corrected chi connectivity index (χ2v) is 3.59. The zero-order valence-corrected chi connectivity index (χ0v) is 9.10. The molecule has 0 heterocycles. The number of hydrogen-bond acceptors (Lipinski definition) is 2. The van der Waals surface area contributed by atoms with Gasteiger partial charge in [-0.2, -0.15) is 0 Å². The van der Waals surface area contributed by atoms with Gasteiger partial charge in [0.15, 0.2) is 0 Å². The van der Waals surface area contributed by atoms with Gasteiger partial charge in [-0.05, 0) is 5.92 Å². The van der Waals surface area contributed by atoms with Crippen molar-refractivity contribution in [3.63, 3.8) is 0 Å². The van der Waals surface area contributed by atoms with E-state index in [0.717, 1.165) is 0 Å². The minimum Gasteiger partial charge on any atom is -0.368 e. The summed E-state index contributed by atoms with van der Waals surface area (Å²) >= 11 is 5.37. The van der Waals surface area contributed by atoms with Gasteiger partial charge < -0.3 is 16.4 Å². The number of nitrogens with one attached hydrogen (secondary N) is 2. The standard InChI is InChI=1S/C8H16ClN3O2/c1-5(2)6(7(10)13)12-8(14)11-4-3-9/h5-6H,3-4H2,1-2H3,(H2,10,13)(H2,11,12,14)/t6-/m0/s1. The topological polar surface area (TPSA) is 84.2 Å². The number of amides is 3. The Kier molecular flexibility index (Phi) is 6.03. The van der Waals surface area contributed by atoms with Crippen molar-refractivity contribution in [2.24, 2.45) is 11.7 Å². The molecule has 0 aliphatic rings. The van der Waals surface area contributed by atoms with Crippen molar-refractivity contribution >= 4 is 23.5 Å². The lowest BCUT2D eigenvalue weighted by Crippen LogP contribution is -2.51. The molecule has 0 unspecified atom stereocenters. The average molecular weight is 222 g/mol. The highest BCUT2D eigenvalue weighted by Gasteiger charge is 2.20. The van der Waals surface area contributed by atoms with Crippen LogP contribution in [0.15, 0.2) is 0 Å². The van der Waals surface area contributed by atoms with Crippen LogP contribution in [0.25, 0.3) is 0 Å². The number of alkyl halides is 1. The van der Waals surface area contributed by atoms with Crippen LogP contribution in [0, 0.1) is 5.92 Å². The molecule has 0 aromatic heterocycles. The maximum atomic E-state index is 11.1. The van der Waals surface area contributed by atoms with Crippen molar-refractivity contribution in [3.05, 3.63) is 0 Å². The fourth-order valence-corrected chi connectivity index (χ4v) is 1.01. The second kappa shape index (κ2) is 6.48. The lowest BCUT2D eigenvalue weighted by atomic mass is 10.0.